The summed E-state index contributed by atoms with van der Waals surface area (Å²) in [6, 6.07) is 8.99. The molecule has 3 aromatic rings. The van der Waals surface area contributed by atoms with E-state index < -0.39 is 49.6 Å². The van der Waals surface area contributed by atoms with E-state index in [1.165, 1.54) is 24.3 Å². The van der Waals surface area contributed by atoms with Crippen molar-refractivity contribution in [2.75, 3.05) is 18.2 Å². The molecule has 1 aliphatic rings. The molecule has 0 saturated carbocycles. The fourth-order valence-electron chi connectivity index (χ4n) is 3.71. The third kappa shape index (κ3) is 4.80. The van der Waals surface area contributed by atoms with Gasteiger partial charge in [-0.25, -0.2) is 8.42 Å². The van der Waals surface area contributed by atoms with Gasteiger partial charge in [0.1, 0.15) is 15.9 Å². The van der Waals surface area contributed by atoms with Crippen LogP contribution in [0, 0.1) is 0 Å². The molecule has 0 heterocycles. The van der Waals surface area contributed by atoms with Crippen LogP contribution in [0.4, 0.5) is 30.2 Å². The van der Waals surface area contributed by atoms with E-state index in [4.69, 9.17) is 10.5 Å². The number of anilines is 3. The second-order valence-corrected chi connectivity index (χ2v) is 8.66. The first-order valence-corrected chi connectivity index (χ1v) is 10.9. The van der Waals surface area contributed by atoms with Gasteiger partial charge < -0.3 is 20.3 Å². The number of alkyl halides is 3. The van der Waals surface area contributed by atoms with Crippen LogP contribution in [-0.4, -0.2) is 31.6 Å². The van der Waals surface area contributed by atoms with Gasteiger partial charge in [0.05, 0.1) is 40.1 Å². The fourth-order valence-corrected chi connectivity index (χ4v) is 4.34. The van der Waals surface area contributed by atoms with Crippen LogP contribution < -0.4 is 45.3 Å². The summed E-state index contributed by atoms with van der Waals surface area (Å²) in [6.45, 7) is 0. The Morgan fingerprint density at radius 2 is 1.54 bits per heavy atom. The van der Waals surface area contributed by atoms with E-state index in [9.17, 15) is 35.7 Å². The van der Waals surface area contributed by atoms with Crippen molar-refractivity contribution in [1.82, 2.24) is 0 Å². The fraction of sp³-hybridized carbons (Fsp3) is 0.0909. The molecule has 8 nitrogen and oxygen atoms in total. The Kier molecular flexibility index (Phi) is 7.08. The van der Waals surface area contributed by atoms with Gasteiger partial charge in [-0.05, 0) is 18.2 Å². The molecule has 0 spiro atoms. The molecule has 3 N–H and O–H groups in total. The van der Waals surface area contributed by atoms with Crippen LogP contribution in [0.3, 0.4) is 0 Å². The number of nitrogens with one attached hydrogen (secondary N) is 1. The molecule has 0 aliphatic heterocycles. The van der Waals surface area contributed by atoms with Gasteiger partial charge in [0.25, 0.3) is 0 Å². The van der Waals surface area contributed by atoms with Crippen LogP contribution in [-0.2, 0) is 16.3 Å². The van der Waals surface area contributed by atoms with E-state index in [0.717, 1.165) is 25.3 Å². The Balaban J connectivity index is 0.00000342. The summed E-state index contributed by atoms with van der Waals surface area (Å²) in [7, 11) is -4.08. The zero-order valence-electron chi connectivity index (χ0n) is 18.2. The summed E-state index contributed by atoms with van der Waals surface area (Å²) < 4.78 is 80.4. The van der Waals surface area contributed by atoms with Gasteiger partial charge in [0.15, 0.2) is 11.6 Å². The van der Waals surface area contributed by atoms with Crippen molar-refractivity contribution < 1.29 is 70.0 Å². The standard InChI is InChI=1S/C22H15F3N2O6S.Na/c1-33-12-7-10(22(23,24)25)6-11(8-12)27-15-9-16(34(30,31)32)19(26)18-17(15)20(28)13-4-2-3-5-14(13)21(18)29;/h2-9,27H,26H2,1H3,(H,30,31,32);/q;+1/p-1. The van der Waals surface area contributed by atoms with Crippen LogP contribution in [0.15, 0.2) is 53.4 Å². The normalized spacial score (nSPS) is 12.9. The predicted octanol–water partition coefficient (Wildman–Crippen LogP) is 0.723. The molecule has 1 aliphatic carbocycles. The molecule has 4 rings (SSSR count). The van der Waals surface area contributed by atoms with Gasteiger partial charge in [0, 0.05) is 22.9 Å². The van der Waals surface area contributed by atoms with Gasteiger partial charge >= 0.3 is 35.7 Å². The molecule has 0 atom stereocenters. The number of nitrogens with two attached hydrogens (primary N) is 1. The number of rotatable bonds is 4. The maximum absolute atomic E-state index is 13.3. The summed E-state index contributed by atoms with van der Waals surface area (Å²) in [5.41, 5.74) is 2.44. The van der Waals surface area contributed by atoms with Crippen molar-refractivity contribution in [2.24, 2.45) is 0 Å². The van der Waals surface area contributed by atoms with Crippen LogP contribution in [0.25, 0.3) is 0 Å². The number of carbonyl (C=O) groups excluding carboxylic acids is 2. The summed E-state index contributed by atoms with van der Waals surface area (Å²) in [5.74, 6) is -1.72. The Hall–Kier alpha value is -2.90. The van der Waals surface area contributed by atoms with Gasteiger partial charge in [-0.3, -0.25) is 9.59 Å². The number of nitrogen functional groups attached to an aromatic ring is 1. The van der Waals surface area contributed by atoms with Gasteiger partial charge in [-0.1, -0.05) is 24.3 Å². The van der Waals surface area contributed by atoms with Crippen molar-refractivity contribution in [3.05, 3.63) is 76.3 Å². The van der Waals surface area contributed by atoms with Crippen LogP contribution in [0.1, 0.15) is 37.4 Å². The SMILES string of the molecule is COc1cc(Nc2cc(S(=O)(=O)[O-])c(N)c3c2C(=O)c2ccccc2C3=O)cc(C(F)(F)F)c1.[Na+]. The first-order chi connectivity index (χ1) is 15.8. The van der Waals surface area contributed by atoms with Crippen molar-refractivity contribution in [2.45, 2.75) is 11.1 Å². The number of ketones is 2. The summed E-state index contributed by atoms with van der Waals surface area (Å²) in [5, 5.41) is 2.53. The molecular weight excluding hydrogens is 500 g/mol. The molecule has 3 aromatic carbocycles. The maximum atomic E-state index is 13.3. The zero-order valence-corrected chi connectivity index (χ0v) is 21.0. The van der Waals surface area contributed by atoms with Gasteiger partial charge in [-0.2, -0.15) is 13.2 Å². The number of methoxy groups -OCH3 is 1. The second kappa shape index (κ2) is 9.28. The molecule has 0 amide bonds. The monoisotopic (exact) mass is 514 g/mol. The molecule has 0 unspecified atom stereocenters. The van der Waals surface area contributed by atoms with Crippen molar-refractivity contribution in [3.63, 3.8) is 0 Å². The predicted molar refractivity (Wildman–Crippen MR) is 113 cm³/mol. The molecule has 0 aromatic heterocycles. The number of carbonyl (C=O) groups is 2. The number of ether oxygens (including phenoxy) is 1. The third-order valence-electron chi connectivity index (χ3n) is 5.22. The smallest absolute Gasteiger partial charge is 0.744 e. The summed E-state index contributed by atoms with van der Waals surface area (Å²) >= 11 is 0. The first-order valence-electron chi connectivity index (χ1n) is 9.47. The molecule has 176 valence electrons. The molecule has 0 fully saturated rings. The number of hydrogen-bond acceptors (Lipinski definition) is 8. The Labute approximate surface area is 219 Å². The van der Waals surface area contributed by atoms with E-state index in [0.29, 0.717) is 6.07 Å². The summed E-state index contributed by atoms with van der Waals surface area (Å²) in [6.07, 6.45) is -4.75. The molecule has 0 radical (unpaired) electrons. The van der Waals surface area contributed by atoms with Crippen LogP contribution >= 0.6 is 0 Å². The molecule has 13 heteroatoms. The van der Waals surface area contributed by atoms with Gasteiger partial charge in [0.2, 0.25) is 0 Å². The molecule has 0 bridgehead atoms. The van der Waals surface area contributed by atoms with Crippen molar-refractivity contribution in [3.8, 4) is 5.75 Å². The average Bonchev–Trinajstić information content (AvgIpc) is 2.76. The molecule has 0 saturated heterocycles. The maximum Gasteiger partial charge on any atom is 1.00 e. The number of fused-ring (bicyclic) bond motifs is 2. The topological polar surface area (TPSA) is 139 Å². The van der Waals surface area contributed by atoms with E-state index in [-0.39, 0.29) is 63.4 Å². The van der Waals surface area contributed by atoms with Crippen LogP contribution in [0.2, 0.25) is 0 Å². The quantitative estimate of drug-likeness (QED) is 0.231. The number of halogens is 3. The molecule has 35 heavy (non-hydrogen) atoms. The Morgan fingerprint density at radius 1 is 0.971 bits per heavy atom. The summed E-state index contributed by atoms with van der Waals surface area (Å²) in [4.78, 5) is 25.4. The van der Waals surface area contributed by atoms with Crippen molar-refractivity contribution in [1.29, 1.82) is 0 Å². The van der Waals surface area contributed by atoms with E-state index in [2.05, 4.69) is 5.32 Å². The van der Waals surface area contributed by atoms with Gasteiger partial charge in [-0.15, -0.1) is 0 Å². The van der Waals surface area contributed by atoms with E-state index >= 15 is 0 Å². The third-order valence-corrected chi connectivity index (χ3v) is 6.09. The minimum Gasteiger partial charge on any atom is -0.744 e. The van der Waals surface area contributed by atoms with Crippen LogP contribution in [0.5, 0.6) is 5.75 Å². The average molecular weight is 514 g/mol. The Bertz CT molecular complexity index is 1490. The van der Waals surface area contributed by atoms with E-state index in [1.54, 1.807) is 0 Å². The Morgan fingerprint density at radius 3 is 2.06 bits per heavy atom. The first kappa shape index (κ1) is 26.7. The van der Waals surface area contributed by atoms with E-state index in [1.807, 2.05) is 0 Å². The largest absolute Gasteiger partial charge is 1.00 e. The number of benzene rings is 3. The second-order valence-electron chi connectivity index (χ2n) is 7.32. The minimum absolute atomic E-state index is 0. The van der Waals surface area contributed by atoms with Crippen molar-refractivity contribution >= 4 is 38.7 Å². The zero-order chi connectivity index (χ0) is 25.0. The minimum atomic E-state index is -5.23. The molecular formula is C22H14F3N2NaO6S. The number of hydrogen-bond donors (Lipinski definition) is 2.